The van der Waals surface area contributed by atoms with Gasteiger partial charge < -0.3 is 18.9 Å². The first-order chi connectivity index (χ1) is 13.5. The fourth-order valence-corrected chi connectivity index (χ4v) is 2.26. The van der Waals surface area contributed by atoms with E-state index in [1.165, 1.54) is 45.7 Å². The van der Waals surface area contributed by atoms with Crippen molar-refractivity contribution in [2.75, 3.05) is 27.9 Å². The lowest BCUT2D eigenvalue weighted by Crippen LogP contribution is -2.24. The molecule has 28 heavy (non-hydrogen) atoms. The van der Waals surface area contributed by atoms with Crippen LogP contribution in [-0.2, 0) is 4.79 Å². The number of nitro benzene ring substituents is 1. The fraction of sp³-hybridized carbons (Fsp3) is 0.222. The average molecular weight is 389 g/mol. The summed E-state index contributed by atoms with van der Waals surface area (Å²) in [5.41, 5.74) is 2.64. The molecular formula is C18H19N3O7. The Kier molecular flexibility index (Phi) is 7.14. The van der Waals surface area contributed by atoms with Gasteiger partial charge >= 0.3 is 5.69 Å². The zero-order chi connectivity index (χ0) is 20.5. The minimum Gasteiger partial charge on any atom is -0.493 e. The molecule has 0 bridgehead atoms. The summed E-state index contributed by atoms with van der Waals surface area (Å²) < 4.78 is 20.9. The predicted octanol–water partition coefficient (Wildman–Crippen LogP) is 2.15. The second-order valence-electron chi connectivity index (χ2n) is 5.27. The maximum absolute atomic E-state index is 11.8. The van der Waals surface area contributed by atoms with Crippen molar-refractivity contribution in [1.29, 1.82) is 0 Å². The van der Waals surface area contributed by atoms with Gasteiger partial charge in [0.15, 0.2) is 23.9 Å². The third-order valence-corrected chi connectivity index (χ3v) is 3.51. The van der Waals surface area contributed by atoms with Crippen LogP contribution in [0.3, 0.4) is 0 Å². The summed E-state index contributed by atoms with van der Waals surface area (Å²) >= 11 is 0. The van der Waals surface area contributed by atoms with Crippen LogP contribution in [0.2, 0.25) is 0 Å². The molecule has 0 radical (unpaired) electrons. The quantitative estimate of drug-likeness (QED) is 0.396. The minimum atomic E-state index is -0.587. The Morgan fingerprint density at radius 2 is 1.75 bits per heavy atom. The number of methoxy groups -OCH3 is 3. The largest absolute Gasteiger partial charge is 0.493 e. The van der Waals surface area contributed by atoms with Crippen molar-refractivity contribution in [3.63, 3.8) is 0 Å². The van der Waals surface area contributed by atoms with E-state index in [0.717, 1.165) is 0 Å². The maximum atomic E-state index is 11.8. The van der Waals surface area contributed by atoms with Crippen molar-refractivity contribution in [3.8, 4) is 23.0 Å². The van der Waals surface area contributed by atoms with Gasteiger partial charge in [-0.3, -0.25) is 14.9 Å². The van der Waals surface area contributed by atoms with Gasteiger partial charge in [0.25, 0.3) is 5.91 Å². The number of rotatable bonds is 9. The number of amides is 1. The number of para-hydroxylation sites is 2. The topological polar surface area (TPSA) is 122 Å². The lowest BCUT2D eigenvalue weighted by Gasteiger charge is -2.12. The van der Waals surface area contributed by atoms with Crippen LogP contribution in [-0.4, -0.2) is 45.0 Å². The third kappa shape index (κ3) is 5.10. The molecule has 2 aromatic rings. The van der Waals surface area contributed by atoms with E-state index in [9.17, 15) is 14.9 Å². The molecule has 0 fully saturated rings. The highest BCUT2D eigenvalue weighted by molar-refractivity contribution is 5.84. The van der Waals surface area contributed by atoms with Gasteiger partial charge in [-0.05, 0) is 18.2 Å². The summed E-state index contributed by atoms with van der Waals surface area (Å²) in [7, 11) is 4.46. The van der Waals surface area contributed by atoms with Gasteiger partial charge in [-0.25, -0.2) is 5.43 Å². The molecule has 0 aliphatic carbocycles. The molecule has 0 aliphatic rings. The van der Waals surface area contributed by atoms with Crippen molar-refractivity contribution >= 4 is 17.8 Å². The third-order valence-electron chi connectivity index (χ3n) is 3.51. The zero-order valence-corrected chi connectivity index (χ0v) is 15.5. The van der Waals surface area contributed by atoms with Gasteiger partial charge in [0.2, 0.25) is 5.75 Å². The average Bonchev–Trinajstić information content (AvgIpc) is 2.71. The smallest absolute Gasteiger partial charge is 0.310 e. The molecule has 10 nitrogen and oxygen atoms in total. The summed E-state index contributed by atoms with van der Waals surface area (Å²) in [5.74, 6) is 0.728. The maximum Gasteiger partial charge on any atom is 0.310 e. The molecule has 1 amide bonds. The van der Waals surface area contributed by atoms with E-state index < -0.39 is 17.4 Å². The summed E-state index contributed by atoms with van der Waals surface area (Å²) in [6.07, 6.45) is 1.38. The number of carbonyl (C=O) groups is 1. The van der Waals surface area contributed by atoms with Crippen molar-refractivity contribution in [1.82, 2.24) is 5.43 Å². The number of nitrogens with one attached hydrogen (secondary N) is 1. The Bertz CT molecular complexity index is 858. The first-order valence-electron chi connectivity index (χ1n) is 7.98. The first-order valence-corrected chi connectivity index (χ1v) is 7.98. The van der Waals surface area contributed by atoms with Crippen LogP contribution in [0.15, 0.2) is 41.5 Å². The lowest BCUT2D eigenvalue weighted by molar-refractivity contribution is -0.385. The van der Waals surface area contributed by atoms with E-state index in [-0.39, 0.29) is 11.4 Å². The number of nitro groups is 1. The van der Waals surface area contributed by atoms with Crippen molar-refractivity contribution in [2.45, 2.75) is 0 Å². The van der Waals surface area contributed by atoms with E-state index in [4.69, 9.17) is 18.9 Å². The highest BCUT2D eigenvalue weighted by Crippen LogP contribution is 2.37. The molecule has 10 heteroatoms. The molecule has 0 saturated carbocycles. The molecule has 2 aromatic carbocycles. The molecule has 0 atom stereocenters. The molecule has 0 heterocycles. The Morgan fingerprint density at radius 3 is 2.32 bits per heavy atom. The zero-order valence-electron chi connectivity index (χ0n) is 15.5. The normalized spacial score (nSPS) is 10.4. The summed E-state index contributed by atoms with van der Waals surface area (Å²) in [5, 5.41) is 14.7. The van der Waals surface area contributed by atoms with Gasteiger partial charge in [0.05, 0.1) is 32.5 Å². The van der Waals surface area contributed by atoms with Crippen LogP contribution in [0.5, 0.6) is 23.0 Å². The van der Waals surface area contributed by atoms with E-state index in [1.54, 1.807) is 18.2 Å². The SMILES string of the molecule is COc1cc(C=NNC(=O)COc2ccccc2[N+](=O)[O-])cc(OC)c1OC. The monoisotopic (exact) mass is 389 g/mol. The van der Waals surface area contributed by atoms with Crippen LogP contribution in [0.25, 0.3) is 0 Å². The number of hydrogen-bond donors (Lipinski definition) is 1. The number of carbonyl (C=O) groups excluding carboxylic acids is 1. The van der Waals surface area contributed by atoms with E-state index in [2.05, 4.69) is 10.5 Å². The molecular weight excluding hydrogens is 370 g/mol. The molecule has 1 N–H and O–H groups in total. The molecule has 148 valence electrons. The number of hydrazone groups is 1. The van der Waals surface area contributed by atoms with Crippen LogP contribution >= 0.6 is 0 Å². The van der Waals surface area contributed by atoms with Crippen molar-refractivity contribution in [3.05, 3.63) is 52.1 Å². The van der Waals surface area contributed by atoms with Gasteiger partial charge in [0.1, 0.15) is 0 Å². The number of nitrogens with zero attached hydrogens (tertiary/aromatic N) is 2. The number of hydrogen-bond acceptors (Lipinski definition) is 8. The standard InChI is InChI=1S/C18H19N3O7/c1-25-15-8-12(9-16(26-2)18(15)27-3)10-19-20-17(22)11-28-14-7-5-4-6-13(14)21(23)24/h4-10H,11H2,1-3H3,(H,20,22). The number of benzene rings is 2. The van der Waals surface area contributed by atoms with Crippen LogP contribution in [0, 0.1) is 10.1 Å². The fourth-order valence-electron chi connectivity index (χ4n) is 2.26. The molecule has 0 unspecified atom stereocenters. The van der Waals surface area contributed by atoms with Crippen molar-refractivity contribution in [2.24, 2.45) is 5.10 Å². The summed E-state index contributed by atoms with van der Waals surface area (Å²) in [6.45, 7) is -0.433. The minimum absolute atomic E-state index is 0.00347. The Hall–Kier alpha value is -3.82. The van der Waals surface area contributed by atoms with E-state index in [1.807, 2.05) is 0 Å². The van der Waals surface area contributed by atoms with E-state index >= 15 is 0 Å². The van der Waals surface area contributed by atoms with Gasteiger partial charge in [0, 0.05) is 11.6 Å². The molecule has 0 saturated heterocycles. The lowest BCUT2D eigenvalue weighted by atomic mass is 10.2. The highest BCUT2D eigenvalue weighted by Gasteiger charge is 2.15. The Balaban J connectivity index is 1.99. The Morgan fingerprint density at radius 1 is 1.11 bits per heavy atom. The predicted molar refractivity (Wildman–Crippen MR) is 100 cm³/mol. The second-order valence-corrected chi connectivity index (χ2v) is 5.27. The van der Waals surface area contributed by atoms with Crippen molar-refractivity contribution < 1.29 is 28.7 Å². The van der Waals surface area contributed by atoms with Gasteiger partial charge in [-0.2, -0.15) is 5.10 Å². The summed E-state index contributed by atoms with van der Waals surface area (Å²) in [4.78, 5) is 22.2. The van der Waals surface area contributed by atoms with Crippen LogP contribution in [0.1, 0.15) is 5.56 Å². The van der Waals surface area contributed by atoms with Gasteiger partial charge in [-0.15, -0.1) is 0 Å². The molecule has 0 spiro atoms. The van der Waals surface area contributed by atoms with Gasteiger partial charge in [-0.1, -0.05) is 12.1 Å². The summed E-state index contributed by atoms with van der Waals surface area (Å²) in [6, 6.07) is 9.08. The molecule has 0 aliphatic heterocycles. The van der Waals surface area contributed by atoms with Crippen LogP contribution in [0.4, 0.5) is 5.69 Å². The highest BCUT2D eigenvalue weighted by atomic mass is 16.6. The molecule has 2 rings (SSSR count). The van der Waals surface area contributed by atoms with Crippen LogP contribution < -0.4 is 24.4 Å². The Labute approximate surface area is 160 Å². The van der Waals surface area contributed by atoms with E-state index in [0.29, 0.717) is 22.8 Å². The number of ether oxygens (including phenoxy) is 4. The second kappa shape index (κ2) is 9.76. The molecule has 0 aromatic heterocycles. The first kappa shape index (κ1) is 20.5.